The lowest BCUT2D eigenvalue weighted by molar-refractivity contribution is 0.172. The van der Waals surface area contributed by atoms with Crippen molar-refractivity contribution in [2.75, 3.05) is 20.3 Å². The minimum Gasteiger partial charge on any atom is -0.493 e. The molecule has 3 nitrogen and oxygen atoms in total. The zero-order valence-corrected chi connectivity index (χ0v) is 8.50. The molecule has 4 heteroatoms. The standard InChI is InChI=1S/C11H12FNO2/c1-14-3-2-4-15-11-6-9(8-13)5-10(12)7-11/h5-7H,2-4H2,1H3. The van der Waals surface area contributed by atoms with Gasteiger partial charge in [-0.2, -0.15) is 5.26 Å². The highest BCUT2D eigenvalue weighted by Gasteiger charge is 2.00. The van der Waals surface area contributed by atoms with E-state index in [1.165, 1.54) is 18.2 Å². The molecule has 0 spiro atoms. The van der Waals surface area contributed by atoms with Crippen molar-refractivity contribution < 1.29 is 13.9 Å². The van der Waals surface area contributed by atoms with Crippen molar-refractivity contribution >= 4 is 0 Å². The predicted molar refractivity (Wildman–Crippen MR) is 53.1 cm³/mol. The van der Waals surface area contributed by atoms with Crippen molar-refractivity contribution in [1.29, 1.82) is 5.26 Å². The molecule has 1 aromatic rings. The molecule has 1 aromatic carbocycles. The molecule has 0 aliphatic rings. The lowest BCUT2D eigenvalue weighted by Gasteiger charge is -2.05. The van der Waals surface area contributed by atoms with Crippen LogP contribution in [0.5, 0.6) is 5.75 Å². The molecule has 0 unspecified atom stereocenters. The van der Waals surface area contributed by atoms with Gasteiger partial charge >= 0.3 is 0 Å². The lowest BCUT2D eigenvalue weighted by atomic mass is 10.2. The van der Waals surface area contributed by atoms with Crippen molar-refractivity contribution in [1.82, 2.24) is 0 Å². The number of ether oxygens (including phenoxy) is 2. The van der Waals surface area contributed by atoms with Crippen LogP contribution in [0, 0.1) is 17.1 Å². The smallest absolute Gasteiger partial charge is 0.128 e. The summed E-state index contributed by atoms with van der Waals surface area (Å²) >= 11 is 0. The fraction of sp³-hybridized carbons (Fsp3) is 0.364. The summed E-state index contributed by atoms with van der Waals surface area (Å²) in [7, 11) is 1.61. The first kappa shape index (κ1) is 11.5. The number of hydrogen-bond donors (Lipinski definition) is 0. The van der Waals surface area contributed by atoms with Gasteiger partial charge < -0.3 is 9.47 Å². The van der Waals surface area contributed by atoms with Crippen molar-refractivity contribution in [3.63, 3.8) is 0 Å². The maximum atomic E-state index is 12.9. The summed E-state index contributed by atoms with van der Waals surface area (Å²) in [4.78, 5) is 0. The average Bonchev–Trinajstić information content (AvgIpc) is 2.23. The Bertz CT molecular complexity index is 360. The molecule has 0 fully saturated rings. The first-order valence-corrected chi connectivity index (χ1v) is 4.58. The van der Waals surface area contributed by atoms with Gasteiger partial charge in [0, 0.05) is 26.2 Å². The molecule has 0 saturated carbocycles. The second-order valence-corrected chi connectivity index (χ2v) is 2.98. The number of benzene rings is 1. The zero-order valence-electron chi connectivity index (χ0n) is 8.50. The number of halogens is 1. The predicted octanol–water partition coefficient (Wildman–Crippen LogP) is 2.11. The van der Waals surface area contributed by atoms with E-state index in [0.29, 0.717) is 19.0 Å². The summed E-state index contributed by atoms with van der Waals surface area (Å²) in [5.41, 5.74) is 0.261. The van der Waals surface area contributed by atoms with E-state index in [1.807, 2.05) is 6.07 Å². The normalized spacial score (nSPS) is 9.67. The number of methoxy groups -OCH3 is 1. The van der Waals surface area contributed by atoms with Gasteiger partial charge in [0.2, 0.25) is 0 Å². The molecule has 0 saturated heterocycles. The molecule has 1 rings (SSSR count). The van der Waals surface area contributed by atoms with Gasteiger partial charge in [0.15, 0.2) is 0 Å². The topological polar surface area (TPSA) is 42.2 Å². The minimum absolute atomic E-state index is 0.261. The Balaban J connectivity index is 2.54. The van der Waals surface area contributed by atoms with E-state index in [-0.39, 0.29) is 5.56 Å². The number of nitrogens with zero attached hydrogens (tertiary/aromatic N) is 1. The van der Waals surface area contributed by atoms with Gasteiger partial charge in [0.25, 0.3) is 0 Å². The molecule has 15 heavy (non-hydrogen) atoms. The van der Waals surface area contributed by atoms with Crippen LogP contribution in [0.3, 0.4) is 0 Å². The molecule has 0 aliphatic carbocycles. The summed E-state index contributed by atoms with van der Waals surface area (Å²) in [5, 5.41) is 8.60. The molecule has 80 valence electrons. The second kappa shape index (κ2) is 5.99. The molecule has 0 aromatic heterocycles. The van der Waals surface area contributed by atoms with Gasteiger partial charge in [-0.25, -0.2) is 4.39 Å². The molecular formula is C11H12FNO2. The SMILES string of the molecule is COCCCOc1cc(F)cc(C#N)c1. The zero-order chi connectivity index (χ0) is 11.1. The Hall–Kier alpha value is -1.60. The van der Waals surface area contributed by atoms with Crippen LogP contribution < -0.4 is 4.74 Å². The molecular weight excluding hydrogens is 197 g/mol. The van der Waals surface area contributed by atoms with Crippen LogP contribution in [0.1, 0.15) is 12.0 Å². The third-order valence-electron chi connectivity index (χ3n) is 1.76. The molecule has 0 aliphatic heterocycles. The summed E-state index contributed by atoms with van der Waals surface area (Å²) in [6.45, 7) is 1.04. The van der Waals surface area contributed by atoms with Gasteiger partial charge in [0.05, 0.1) is 18.2 Å². The molecule has 0 atom stereocenters. The van der Waals surface area contributed by atoms with Gasteiger partial charge in [-0.05, 0) is 12.1 Å². The Morgan fingerprint density at radius 2 is 2.13 bits per heavy atom. The minimum atomic E-state index is -0.462. The number of nitriles is 1. The molecule has 0 N–H and O–H groups in total. The van der Waals surface area contributed by atoms with Gasteiger partial charge in [-0.1, -0.05) is 0 Å². The van der Waals surface area contributed by atoms with Crippen LogP contribution in [0.2, 0.25) is 0 Å². The number of hydrogen-bond acceptors (Lipinski definition) is 3. The molecule has 0 radical (unpaired) electrons. The van der Waals surface area contributed by atoms with Gasteiger partial charge in [-0.15, -0.1) is 0 Å². The summed E-state index contributed by atoms with van der Waals surface area (Å²) in [6, 6.07) is 5.80. The van der Waals surface area contributed by atoms with Crippen molar-refractivity contribution in [2.24, 2.45) is 0 Å². The fourth-order valence-corrected chi connectivity index (χ4v) is 1.10. The van der Waals surface area contributed by atoms with Crippen LogP contribution >= 0.6 is 0 Å². The summed E-state index contributed by atoms with van der Waals surface area (Å²) in [6.07, 6.45) is 0.731. The Kier molecular flexibility index (Phi) is 4.58. The maximum Gasteiger partial charge on any atom is 0.128 e. The Labute approximate surface area is 88.0 Å². The lowest BCUT2D eigenvalue weighted by Crippen LogP contribution is -2.01. The summed E-state index contributed by atoms with van der Waals surface area (Å²) < 4.78 is 23.0. The molecule has 0 heterocycles. The van der Waals surface area contributed by atoms with Gasteiger partial charge in [0.1, 0.15) is 11.6 Å². The largest absolute Gasteiger partial charge is 0.493 e. The van der Waals surface area contributed by atoms with Crippen molar-refractivity contribution in [3.05, 3.63) is 29.6 Å². The third-order valence-corrected chi connectivity index (χ3v) is 1.76. The van der Waals surface area contributed by atoms with E-state index in [4.69, 9.17) is 14.7 Å². The molecule has 0 bridgehead atoms. The van der Waals surface area contributed by atoms with Crippen LogP contribution in [0.25, 0.3) is 0 Å². The number of rotatable bonds is 5. The van der Waals surface area contributed by atoms with Crippen LogP contribution in [-0.4, -0.2) is 20.3 Å². The fourth-order valence-electron chi connectivity index (χ4n) is 1.10. The Morgan fingerprint density at radius 1 is 1.33 bits per heavy atom. The second-order valence-electron chi connectivity index (χ2n) is 2.98. The van der Waals surface area contributed by atoms with E-state index in [2.05, 4.69) is 0 Å². The highest BCUT2D eigenvalue weighted by atomic mass is 19.1. The van der Waals surface area contributed by atoms with Gasteiger partial charge in [-0.3, -0.25) is 0 Å². The monoisotopic (exact) mass is 209 g/mol. The highest BCUT2D eigenvalue weighted by molar-refractivity contribution is 5.36. The quantitative estimate of drug-likeness (QED) is 0.697. The van der Waals surface area contributed by atoms with Crippen LogP contribution in [-0.2, 0) is 4.74 Å². The van der Waals surface area contributed by atoms with E-state index >= 15 is 0 Å². The average molecular weight is 209 g/mol. The maximum absolute atomic E-state index is 12.9. The van der Waals surface area contributed by atoms with E-state index < -0.39 is 5.82 Å². The van der Waals surface area contributed by atoms with Crippen molar-refractivity contribution in [3.8, 4) is 11.8 Å². The first-order valence-electron chi connectivity index (χ1n) is 4.58. The third kappa shape index (κ3) is 3.96. The van der Waals surface area contributed by atoms with Crippen LogP contribution in [0.4, 0.5) is 4.39 Å². The first-order chi connectivity index (χ1) is 7.26. The van der Waals surface area contributed by atoms with Crippen molar-refractivity contribution in [2.45, 2.75) is 6.42 Å². The van der Waals surface area contributed by atoms with E-state index in [1.54, 1.807) is 7.11 Å². The van der Waals surface area contributed by atoms with E-state index in [9.17, 15) is 4.39 Å². The summed E-state index contributed by atoms with van der Waals surface area (Å²) in [5.74, 6) is -0.0848. The Morgan fingerprint density at radius 3 is 2.80 bits per heavy atom. The van der Waals surface area contributed by atoms with E-state index in [0.717, 1.165) is 6.42 Å². The molecule has 0 amide bonds. The van der Waals surface area contributed by atoms with Crippen LogP contribution in [0.15, 0.2) is 18.2 Å². The highest BCUT2D eigenvalue weighted by Crippen LogP contribution is 2.15.